The highest BCUT2D eigenvalue weighted by Gasteiger charge is 2.50. The van der Waals surface area contributed by atoms with E-state index in [-0.39, 0.29) is 42.1 Å². The molecule has 0 aliphatic carbocycles. The zero-order valence-corrected chi connectivity index (χ0v) is 15.7. The average molecular weight is 430 g/mol. The van der Waals surface area contributed by atoms with Crippen molar-refractivity contribution in [1.82, 2.24) is 0 Å². The highest BCUT2D eigenvalue weighted by atomic mass is 35.5. The maximum atomic E-state index is 13.9. The number of aryl methyl sites for hydroxylation is 1. The quantitative estimate of drug-likeness (QED) is 0.573. The van der Waals surface area contributed by atoms with E-state index in [1.54, 1.807) is 0 Å². The van der Waals surface area contributed by atoms with Gasteiger partial charge in [-0.3, -0.25) is 9.59 Å². The van der Waals surface area contributed by atoms with Crippen LogP contribution in [0.25, 0.3) is 0 Å². The first kappa shape index (κ1) is 21.3. The van der Waals surface area contributed by atoms with E-state index in [1.807, 2.05) is 0 Å². The Labute approximate surface area is 168 Å². The van der Waals surface area contributed by atoms with Crippen molar-refractivity contribution in [2.75, 3.05) is 11.4 Å². The lowest BCUT2D eigenvalue weighted by atomic mass is 9.92. The molecule has 0 radical (unpaired) electrons. The Morgan fingerprint density at radius 2 is 1.83 bits per heavy atom. The van der Waals surface area contributed by atoms with Gasteiger partial charge < -0.3 is 10.0 Å². The van der Waals surface area contributed by atoms with Crippen LogP contribution in [0.2, 0.25) is 5.02 Å². The molecule has 154 valence electrons. The number of carbonyl (C=O) groups excluding carboxylic acids is 2. The lowest BCUT2D eigenvalue weighted by Gasteiger charge is -2.21. The van der Waals surface area contributed by atoms with Gasteiger partial charge in [-0.05, 0) is 42.3 Å². The summed E-state index contributed by atoms with van der Waals surface area (Å²) in [6, 6.07) is 8.19. The van der Waals surface area contributed by atoms with Gasteiger partial charge in [0.1, 0.15) is 5.82 Å². The summed E-state index contributed by atoms with van der Waals surface area (Å²) in [5.74, 6) is -2.36. The molecule has 0 aromatic heterocycles. The lowest BCUT2D eigenvalue weighted by molar-refractivity contribution is -0.147. The normalized spacial score (nSPS) is 19.7. The van der Waals surface area contributed by atoms with Gasteiger partial charge in [0.05, 0.1) is 10.6 Å². The molecule has 2 aromatic rings. The Hall–Kier alpha value is -2.45. The van der Waals surface area contributed by atoms with Gasteiger partial charge in [-0.25, -0.2) is 4.39 Å². The van der Waals surface area contributed by atoms with Crippen LogP contribution in [0.5, 0.6) is 0 Å². The third kappa shape index (κ3) is 4.13. The molecule has 3 rings (SSSR count). The summed E-state index contributed by atoms with van der Waals surface area (Å²) in [6.45, 7) is -0.0298. The van der Waals surface area contributed by atoms with Crippen molar-refractivity contribution in [2.24, 2.45) is 0 Å². The molecule has 0 saturated carbocycles. The fourth-order valence-corrected chi connectivity index (χ4v) is 3.43. The number of hydrogen-bond acceptors (Lipinski definition) is 3. The van der Waals surface area contributed by atoms with Crippen molar-refractivity contribution in [2.45, 2.75) is 31.0 Å². The molecule has 1 aliphatic heterocycles. The van der Waals surface area contributed by atoms with Crippen LogP contribution in [0.3, 0.4) is 0 Å². The van der Waals surface area contributed by atoms with Crippen molar-refractivity contribution >= 4 is 29.0 Å². The molecule has 0 bridgehead atoms. The molecule has 1 fully saturated rings. The molecule has 0 spiro atoms. The van der Waals surface area contributed by atoms with Gasteiger partial charge in [-0.1, -0.05) is 23.7 Å². The van der Waals surface area contributed by atoms with E-state index < -0.39 is 34.8 Å². The van der Waals surface area contributed by atoms with E-state index in [9.17, 15) is 32.3 Å². The van der Waals surface area contributed by atoms with Crippen molar-refractivity contribution < 1.29 is 32.3 Å². The Kier molecular flexibility index (Phi) is 5.69. The highest BCUT2D eigenvalue weighted by molar-refractivity contribution is 6.30. The first-order valence-electron chi connectivity index (χ1n) is 8.72. The standard InChI is InChI=1S/C20H16ClF4NO3/c21-15-3-1-2-12(17(15)22)4-9-16(27)19(29)10-11-26(18(19)28)14-7-5-13(6-8-14)20(23,24)25/h1-3,5-8,29H,4,9-11H2/t19-/m1/s1. The summed E-state index contributed by atoms with van der Waals surface area (Å²) >= 11 is 5.69. The van der Waals surface area contributed by atoms with E-state index in [2.05, 4.69) is 0 Å². The molecular weight excluding hydrogens is 414 g/mol. The minimum absolute atomic E-state index is 0.0298. The van der Waals surface area contributed by atoms with Gasteiger partial charge in [0, 0.05) is 25.1 Å². The number of halogens is 5. The van der Waals surface area contributed by atoms with Gasteiger partial charge in [-0.2, -0.15) is 13.2 Å². The highest BCUT2D eigenvalue weighted by Crippen LogP contribution is 2.34. The van der Waals surface area contributed by atoms with Gasteiger partial charge in [-0.15, -0.1) is 0 Å². The summed E-state index contributed by atoms with van der Waals surface area (Å²) in [6.07, 6.45) is -5.06. The van der Waals surface area contributed by atoms with Crippen LogP contribution in [0.4, 0.5) is 23.2 Å². The Bertz CT molecular complexity index is 946. The second-order valence-corrected chi connectivity index (χ2v) is 7.16. The third-order valence-electron chi connectivity index (χ3n) is 4.92. The van der Waals surface area contributed by atoms with Gasteiger partial charge in [0.15, 0.2) is 5.78 Å². The van der Waals surface area contributed by atoms with Gasteiger partial charge >= 0.3 is 6.18 Å². The predicted molar refractivity (Wildman–Crippen MR) is 98.1 cm³/mol. The monoisotopic (exact) mass is 429 g/mol. The largest absolute Gasteiger partial charge is 0.416 e. The second kappa shape index (κ2) is 7.76. The third-order valence-corrected chi connectivity index (χ3v) is 5.21. The van der Waals surface area contributed by atoms with E-state index in [0.29, 0.717) is 0 Å². The maximum Gasteiger partial charge on any atom is 0.416 e. The van der Waals surface area contributed by atoms with Crippen LogP contribution in [-0.2, 0) is 22.2 Å². The van der Waals surface area contributed by atoms with Crippen molar-refractivity contribution in [3.63, 3.8) is 0 Å². The zero-order chi connectivity index (χ0) is 21.4. The predicted octanol–water partition coefficient (Wildman–Crippen LogP) is 4.17. The van der Waals surface area contributed by atoms with E-state index in [0.717, 1.165) is 29.2 Å². The fourth-order valence-electron chi connectivity index (χ4n) is 3.24. The number of nitrogens with zero attached hydrogens (tertiary/aromatic N) is 1. The molecule has 1 aliphatic rings. The van der Waals surface area contributed by atoms with Gasteiger partial charge in [0.25, 0.3) is 5.91 Å². The molecular formula is C20H16ClF4NO3. The molecule has 1 amide bonds. The topological polar surface area (TPSA) is 57.6 Å². The van der Waals surface area contributed by atoms with E-state index >= 15 is 0 Å². The molecule has 1 heterocycles. The number of carbonyl (C=O) groups is 2. The van der Waals surface area contributed by atoms with Crippen molar-refractivity contribution in [3.05, 3.63) is 64.4 Å². The molecule has 1 N–H and O–H groups in total. The number of rotatable bonds is 5. The number of aliphatic hydroxyl groups is 1. The molecule has 1 atom stereocenters. The number of ketones is 1. The summed E-state index contributed by atoms with van der Waals surface area (Å²) < 4.78 is 52.0. The first-order valence-corrected chi connectivity index (χ1v) is 9.09. The Morgan fingerprint density at radius 1 is 1.17 bits per heavy atom. The number of anilines is 1. The van der Waals surface area contributed by atoms with E-state index in [4.69, 9.17) is 11.6 Å². The van der Waals surface area contributed by atoms with Crippen LogP contribution in [0.15, 0.2) is 42.5 Å². The molecule has 1 saturated heterocycles. The lowest BCUT2D eigenvalue weighted by Crippen LogP contribution is -2.47. The number of alkyl halides is 3. The van der Waals surface area contributed by atoms with Gasteiger partial charge in [0.2, 0.25) is 5.60 Å². The number of benzene rings is 2. The number of Topliss-reactive ketones (excluding diaryl/α,β-unsaturated/α-hetero) is 1. The summed E-state index contributed by atoms with van der Waals surface area (Å²) in [5.41, 5.74) is -2.84. The summed E-state index contributed by atoms with van der Waals surface area (Å²) in [4.78, 5) is 26.2. The minimum Gasteiger partial charge on any atom is -0.373 e. The molecule has 2 aromatic carbocycles. The van der Waals surface area contributed by atoms with Crippen LogP contribution >= 0.6 is 11.6 Å². The molecule has 29 heavy (non-hydrogen) atoms. The number of hydrogen-bond donors (Lipinski definition) is 1. The zero-order valence-electron chi connectivity index (χ0n) is 15.0. The second-order valence-electron chi connectivity index (χ2n) is 6.75. The average Bonchev–Trinajstić information content (AvgIpc) is 2.98. The maximum absolute atomic E-state index is 13.9. The molecule has 9 heteroatoms. The van der Waals surface area contributed by atoms with Crippen molar-refractivity contribution in [1.29, 1.82) is 0 Å². The Balaban J connectivity index is 1.71. The minimum atomic E-state index is -4.51. The van der Waals surface area contributed by atoms with Crippen LogP contribution in [0, 0.1) is 5.82 Å². The Morgan fingerprint density at radius 3 is 2.45 bits per heavy atom. The smallest absolute Gasteiger partial charge is 0.373 e. The van der Waals surface area contributed by atoms with Crippen molar-refractivity contribution in [3.8, 4) is 0 Å². The molecule has 0 unspecified atom stereocenters. The SMILES string of the molecule is O=C(CCc1cccc(Cl)c1F)[C@]1(O)CCN(c2ccc(C(F)(F)F)cc2)C1=O. The summed E-state index contributed by atoms with van der Waals surface area (Å²) in [7, 11) is 0. The summed E-state index contributed by atoms with van der Waals surface area (Å²) in [5, 5.41) is 10.5. The van der Waals surface area contributed by atoms with Crippen LogP contribution < -0.4 is 4.90 Å². The fraction of sp³-hybridized carbons (Fsp3) is 0.300. The molecule has 4 nitrogen and oxygen atoms in total. The first-order chi connectivity index (χ1) is 13.5. The van der Waals surface area contributed by atoms with Crippen LogP contribution in [-0.4, -0.2) is 28.9 Å². The number of amides is 1. The van der Waals surface area contributed by atoms with E-state index in [1.165, 1.54) is 18.2 Å². The van der Waals surface area contributed by atoms with Crippen LogP contribution in [0.1, 0.15) is 24.0 Å².